The Hall–Kier alpha value is -1.32. The number of benzene rings is 1. The number of hydrogen-bond donors (Lipinski definition) is 3. The predicted molar refractivity (Wildman–Crippen MR) is 70.9 cm³/mol. The molecule has 92 valence electrons. The molecule has 0 spiro atoms. The lowest BCUT2D eigenvalue weighted by molar-refractivity contribution is 0.159. The van der Waals surface area contributed by atoms with Crippen molar-refractivity contribution in [3.05, 3.63) is 36.0 Å². The second-order valence-corrected chi connectivity index (χ2v) is 4.39. The zero-order valence-electron chi connectivity index (χ0n) is 10.2. The largest absolute Gasteiger partial charge is 0.393 e. The number of para-hydroxylation sites is 1. The maximum atomic E-state index is 9.45. The minimum Gasteiger partial charge on any atom is -0.393 e. The van der Waals surface area contributed by atoms with Crippen molar-refractivity contribution >= 4 is 10.9 Å². The van der Waals surface area contributed by atoms with E-state index in [1.54, 1.807) is 0 Å². The van der Waals surface area contributed by atoms with Gasteiger partial charge < -0.3 is 15.4 Å². The fraction of sp³-hybridized carbons (Fsp3) is 0.429. The molecule has 0 saturated carbocycles. The molecule has 3 nitrogen and oxygen atoms in total. The van der Waals surface area contributed by atoms with Gasteiger partial charge >= 0.3 is 0 Å². The van der Waals surface area contributed by atoms with Crippen molar-refractivity contribution in [1.29, 1.82) is 0 Å². The van der Waals surface area contributed by atoms with Crippen LogP contribution in [0.3, 0.4) is 0 Å². The highest BCUT2D eigenvalue weighted by Gasteiger charge is 2.02. The molecule has 0 radical (unpaired) electrons. The number of aromatic amines is 1. The van der Waals surface area contributed by atoms with E-state index in [9.17, 15) is 5.11 Å². The molecule has 3 N–H and O–H groups in total. The minimum absolute atomic E-state index is 0.177. The van der Waals surface area contributed by atoms with E-state index >= 15 is 0 Å². The smallest absolute Gasteiger partial charge is 0.0549 e. The molecular formula is C14H20N2O. The number of H-pyrrole nitrogens is 1. The summed E-state index contributed by atoms with van der Waals surface area (Å²) in [5.41, 5.74) is 2.48. The Morgan fingerprint density at radius 1 is 1.35 bits per heavy atom. The Labute approximate surface area is 102 Å². The van der Waals surface area contributed by atoms with Crippen molar-refractivity contribution in [2.45, 2.75) is 32.4 Å². The molecular weight excluding hydrogens is 212 g/mol. The summed E-state index contributed by atoms with van der Waals surface area (Å²) in [6, 6.07) is 8.39. The highest BCUT2D eigenvalue weighted by Crippen LogP contribution is 2.16. The molecule has 0 aliphatic heterocycles. The average Bonchev–Trinajstić information content (AvgIpc) is 2.83. The molecule has 0 saturated heterocycles. The van der Waals surface area contributed by atoms with Gasteiger partial charge in [-0.1, -0.05) is 25.1 Å². The standard InChI is InChI=1S/C14H20N2O/c1-2-13(17)7-8-15-10-12-5-3-4-11-6-9-16-14(11)12/h3-6,9,13,15-17H,2,7-8,10H2,1H3. The average molecular weight is 232 g/mol. The molecule has 1 unspecified atom stereocenters. The van der Waals surface area contributed by atoms with Crippen LogP contribution in [0, 0.1) is 0 Å². The molecule has 1 aromatic heterocycles. The second kappa shape index (κ2) is 5.84. The summed E-state index contributed by atoms with van der Waals surface area (Å²) < 4.78 is 0. The molecule has 1 heterocycles. The molecule has 17 heavy (non-hydrogen) atoms. The van der Waals surface area contributed by atoms with Gasteiger partial charge in [0, 0.05) is 18.3 Å². The van der Waals surface area contributed by atoms with Crippen molar-refractivity contribution < 1.29 is 5.11 Å². The molecule has 2 aromatic rings. The number of aromatic nitrogens is 1. The SMILES string of the molecule is CCC(O)CCNCc1cccc2cc[nH]c12. The molecule has 1 atom stereocenters. The van der Waals surface area contributed by atoms with Crippen molar-refractivity contribution in [1.82, 2.24) is 10.3 Å². The summed E-state index contributed by atoms with van der Waals surface area (Å²) in [5, 5.41) is 14.1. The zero-order valence-corrected chi connectivity index (χ0v) is 10.2. The Balaban J connectivity index is 1.88. The van der Waals surface area contributed by atoms with E-state index in [1.165, 1.54) is 16.5 Å². The van der Waals surface area contributed by atoms with Crippen LogP contribution in [-0.4, -0.2) is 22.7 Å². The van der Waals surface area contributed by atoms with Gasteiger partial charge in [-0.05, 0) is 36.4 Å². The third kappa shape index (κ3) is 3.08. The van der Waals surface area contributed by atoms with Crippen LogP contribution in [0.1, 0.15) is 25.3 Å². The van der Waals surface area contributed by atoms with Crippen molar-refractivity contribution in [3.63, 3.8) is 0 Å². The van der Waals surface area contributed by atoms with Crippen LogP contribution >= 0.6 is 0 Å². The quantitative estimate of drug-likeness (QED) is 0.670. The monoisotopic (exact) mass is 232 g/mol. The first-order chi connectivity index (χ1) is 8.31. The molecule has 0 aliphatic rings. The van der Waals surface area contributed by atoms with Crippen molar-refractivity contribution in [2.24, 2.45) is 0 Å². The fourth-order valence-electron chi connectivity index (χ4n) is 1.99. The molecule has 0 fully saturated rings. The fourth-order valence-corrected chi connectivity index (χ4v) is 1.99. The lowest BCUT2D eigenvalue weighted by Crippen LogP contribution is -2.19. The van der Waals surface area contributed by atoms with E-state index in [-0.39, 0.29) is 6.10 Å². The van der Waals surface area contributed by atoms with Crippen molar-refractivity contribution in [2.75, 3.05) is 6.54 Å². The lowest BCUT2D eigenvalue weighted by Gasteiger charge is -2.09. The van der Waals surface area contributed by atoms with Crippen LogP contribution in [0.2, 0.25) is 0 Å². The molecule has 2 rings (SSSR count). The van der Waals surface area contributed by atoms with Crippen LogP contribution in [0.15, 0.2) is 30.5 Å². The van der Waals surface area contributed by atoms with E-state index in [4.69, 9.17) is 0 Å². The van der Waals surface area contributed by atoms with E-state index < -0.39 is 0 Å². The van der Waals surface area contributed by atoms with Gasteiger partial charge in [0.2, 0.25) is 0 Å². The number of hydrogen-bond acceptors (Lipinski definition) is 2. The summed E-state index contributed by atoms with van der Waals surface area (Å²) in [7, 11) is 0. The Morgan fingerprint density at radius 3 is 3.06 bits per heavy atom. The van der Waals surface area contributed by atoms with Crippen molar-refractivity contribution in [3.8, 4) is 0 Å². The van der Waals surface area contributed by atoms with Crippen LogP contribution in [0.4, 0.5) is 0 Å². The summed E-state index contributed by atoms with van der Waals surface area (Å²) in [5.74, 6) is 0. The predicted octanol–water partition coefficient (Wildman–Crippen LogP) is 2.42. The van der Waals surface area contributed by atoms with Crippen LogP contribution < -0.4 is 5.32 Å². The third-order valence-electron chi connectivity index (χ3n) is 3.11. The number of nitrogens with one attached hydrogen (secondary N) is 2. The van der Waals surface area contributed by atoms with E-state index in [0.717, 1.165) is 25.9 Å². The maximum absolute atomic E-state index is 9.45. The molecule has 3 heteroatoms. The van der Waals surface area contributed by atoms with Crippen LogP contribution in [0.25, 0.3) is 10.9 Å². The highest BCUT2D eigenvalue weighted by atomic mass is 16.3. The molecule has 0 amide bonds. The number of fused-ring (bicyclic) bond motifs is 1. The van der Waals surface area contributed by atoms with Gasteiger partial charge in [0.15, 0.2) is 0 Å². The zero-order chi connectivity index (χ0) is 12.1. The van der Waals surface area contributed by atoms with Crippen LogP contribution in [-0.2, 0) is 6.54 Å². The lowest BCUT2D eigenvalue weighted by atomic mass is 10.1. The highest BCUT2D eigenvalue weighted by molar-refractivity contribution is 5.82. The van der Waals surface area contributed by atoms with Gasteiger partial charge in [-0.3, -0.25) is 0 Å². The normalized spacial score (nSPS) is 13.1. The minimum atomic E-state index is -0.177. The molecule has 1 aromatic carbocycles. The summed E-state index contributed by atoms with van der Waals surface area (Å²) in [4.78, 5) is 3.26. The topological polar surface area (TPSA) is 48.0 Å². The van der Waals surface area contributed by atoms with Gasteiger partial charge in [-0.2, -0.15) is 0 Å². The van der Waals surface area contributed by atoms with E-state index in [2.05, 4.69) is 34.6 Å². The van der Waals surface area contributed by atoms with Gasteiger partial charge in [-0.15, -0.1) is 0 Å². The number of rotatable bonds is 6. The Bertz CT molecular complexity index is 464. The van der Waals surface area contributed by atoms with E-state index in [1.807, 2.05) is 13.1 Å². The summed E-state index contributed by atoms with van der Waals surface area (Å²) >= 11 is 0. The van der Waals surface area contributed by atoms with Gasteiger partial charge in [0.05, 0.1) is 6.10 Å². The van der Waals surface area contributed by atoms with Crippen LogP contribution in [0.5, 0.6) is 0 Å². The Morgan fingerprint density at radius 2 is 2.24 bits per heavy atom. The second-order valence-electron chi connectivity index (χ2n) is 4.39. The number of aliphatic hydroxyl groups is 1. The first kappa shape index (κ1) is 12.1. The maximum Gasteiger partial charge on any atom is 0.0549 e. The number of aliphatic hydroxyl groups excluding tert-OH is 1. The Kier molecular flexibility index (Phi) is 4.18. The van der Waals surface area contributed by atoms with E-state index in [0.29, 0.717) is 0 Å². The molecule has 0 bridgehead atoms. The molecule has 0 aliphatic carbocycles. The summed E-state index contributed by atoms with van der Waals surface area (Å²) in [6.45, 7) is 3.70. The van der Waals surface area contributed by atoms with Gasteiger partial charge in [0.1, 0.15) is 0 Å². The van der Waals surface area contributed by atoms with Gasteiger partial charge in [-0.25, -0.2) is 0 Å². The first-order valence-corrected chi connectivity index (χ1v) is 6.25. The first-order valence-electron chi connectivity index (χ1n) is 6.25. The summed E-state index contributed by atoms with van der Waals surface area (Å²) in [6.07, 6.45) is 3.43. The third-order valence-corrected chi connectivity index (χ3v) is 3.11. The van der Waals surface area contributed by atoms with Gasteiger partial charge in [0.25, 0.3) is 0 Å².